The van der Waals surface area contributed by atoms with Crippen molar-refractivity contribution in [3.63, 3.8) is 0 Å². The maximum absolute atomic E-state index is 13.0. The van der Waals surface area contributed by atoms with Gasteiger partial charge in [-0.25, -0.2) is 9.97 Å². The number of hydrogen-bond donors (Lipinski definition) is 1. The number of carbonyl (C=O) groups excluding carboxylic acids is 1. The van der Waals surface area contributed by atoms with E-state index in [1.807, 2.05) is 20.9 Å². The van der Waals surface area contributed by atoms with Crippen LogP contribution in [0, 0.1) is 6.92 Å². The van der Waals surface area contributed by atoms with Gasteiger partial charge < -0.3 is 15.0 Å². The Morgan fingerprint density at radius 2 is 2.21 bits per heavy atom. The molecule has 0 saturated carbocycles. The summed E-state index contributed by atoms with van der Waals surface area (Å²) in [6.07, 6.45) is 4.37. The maximum Gasteiger partial charge on any atom is 0.229 e. The van der Waals surface area contributed by atoms with Crippen molar-refractivity contribution in [2.24, 2.45) is 0 Å². The fraction of sp³-hybridized carbons (Fsp3) is 0.500. The molecule has 0 unspecified atom stereocenters. The predicted molar refractivity (Wildman–Crippen MR) is 116 cm³/mol. The van der Waals surface area contributed by atoms with Gasteiger partial charge in [0.05, 0.1) is 18.1 Å². The van der Waals surface area contributed by atoms with Gasteiger partial charge in [-0.05, 0) is 57.2 Å². The predicted octanol–water partition coefficient (Wildman–Crippen LogP) is 4.22. The van der Waals surface area contributed by atoms with Gasteiger partial charge in [-0.3, -0.25) is 4.79 Å². The highest BCUT2D eigenvalue weighted by atomic mass is 35.5. The van der Waals surface area contributed by atoms with Gasteiger partial charge in [-0.2, -0.15) is 0 Å². The molecule has 0 spiro atoms. The first kappa shape index (κ1) is 21.4. The van der Waals surface area contributed by atoms with E-state index in [4.69, 9.17) is 16.3 Å². The standard InChI is InChI=1S/C22H29ClN4O2/c1-14-6-7-16-8-9-22(3,26-20(16)25-14)10-11-27(4)21(28)15(2)17-12-19(29-5)24-13-18(17)23/h6-7,12-13,15H,8-11H2,1-5H3,(H,25,26)/t15-,22-/m1/s1. The second kappa shape index (κ2) is 8.57. The zero-order chi connectivity index (χ0) is 21.2. The number of anilines is 1. The first-order valence-corrected chi connectivity index (χ1v) is 10.3. The fourth-order valence-electron chi connectivity index (χ4n) is 3.71. The molecule has 6 nitrogen and oxygen atoms in total. The first-order chi connectivity index (χ1) is 13.7. The molecular formula is C22H29ClN4O2. The number of carbonyl (C=O) groups is 1. The summed E-state index contributed by atoms with van der Waals surface area (Å²) in [5.74, 6) is 1.07. The Hall–Kier alpha value is -2.34. The van der Waals surface area contributed by atoms with Crippen LogP contribution in [0.25, 0.3) is 0 Å². The molecule has 156 valence electrons. The molecule has 1 aliphatic heterocycles. The molecule has 0 radical (unpaired) electrons. The Bertz CT molecular complexity index is 904. The van der Waals surface area contributed by atoms with E-state index < -0.39 is 0 Å². The molecule has 0 saturated heterocycles. The van der Waals surface area contributed by atoms with Crippen molar-refractivity contribution in [1.82, 2.24) is 14.9 Å². The SMILES string of the molecule is COc1cc([C@@H](C)C(=O)N(C)CC[C@@]2(C)CCc3ccc(C)nc3N2)c(Cl)cn1. The van der Waals surface area contributed by atoms with Gasteiger partial charge in [-0.1, -0.05) is 17.7 Å². The lowest BCUT2D eigenvalue weighted by Crippen LogP contribution is -2.43. The maximum atomic E-state index is 13.0. The van der Waals surface area contributed by atoms with E-state index in [9.17, 15) is 4.79 Å². The molecule has 2 atom stereocenters. The van der Waals surface area contributed by atoms with Gasteiger partial charge in [0.2, 0.25) is 11.8 Å². The summed E-state index contributed by atoms with van der Waals surface area (Å²) in [5.41, 5.74) is 2.90. The molecule has 2 aromatic rings. The van der Waals surface area contributed by atoms with E-state index in [2.05, 4.69) is 34.3 Å². The molecule has 0 aromatic carbocycles. The van der Waals surface area contributed by atoms with Crippen molar-refractivity contribution in [2.75, 3.05) is 26.0 Å². The van der Waals surface area contributed by atoms with Crippen LogP contribution >= 0.6 is 11.6 Å². The van der Waals surface area contributed by atoms with Crippen LogP contribution in [0.4, 0.5) is 5.82 Å². The number of likely N-dealkylation sites (N-methyl/N-ethyl adjacent to an activating group) is 1. The van der Waals surface area contributed by atoms with Crippen LogP contribution in [-0.2, 0) is 11.2 Å². The number of hydrogen-bond acceptors (Lipinski definition) is 5. The molecule has 0 fully saturated rings. The molecule has 1 N–H and O–H groups in total. The van der Waals surface area contributed by atoms with Gasteiger partial charge in [0.25, 0.3) is 0 Å². The van der Waals surface area contributed by atoms with Crippen LogP contribution in [0.2, 0.25) is 5.02 Å². The van der Waals surface area contributed by atoms with Crippen molar-refractivity contribution < 1.29 is 9.53 Å². The number of pyridine rings is 2. The number of aryl methyl sites for hydroxylation is 2. The van der Waals surface area contributed by atoms with E-state index in [-0.39, 0.29) is 17.4 Å². The Morgan fingerprint density at radius 1 is 1.45 bits per heavy atom. The second-order valence-corrected chi connectivity index (χ2v) is 8.53. The zero-order valence-electron chi connectivity index (χ0n) is 17.8. The topological polar surface area (TPSA) is 67.3 Å². The lowest BCUT2D eigenvalue weighted by Gasteiger charge is -2.37. The monoisotopic (exact) mass is 416 g/mol. The number of fused-ring (bicyclic) bond motifs is 1. The number of methoxy groups -OCH3 is 1. The Kier molecular flexibility index (Phi) is 6.32. The van der Waals surface area contributed by atoms with E-state index in [0.717, 1.165) is 36.3 Å². The third-order valence-electron chi connectivity index (χ3n) is 5.77. The average Bonchev–Trinajstić information content (AvgIpc) is 2.71. The summed E-state index contributed by atoms with van der Waals surface area (Å²) in [7, 11) is 3.39. The Morgan fingerprint density at radius 3 is 2.93 bits per heavy atom. The highest BCUT2D eigenvalue weighted by Crippen LogP contribution is 2.32. The minimum atomic E-state index is -0.374. The Balaban J connectivity index is 1.64. The number of rotatable bonds is 6. The summed E-state index contributed by atoms with van der Waals surface area (Å²) in [5, 5.41) is 4.07. The number of amides is 1. The number of aromatic nitrogens is 2. The summed E-state index contributed by atoms with van der Waals surface area (Å²) < 4.78 is 5.17. The third kappa shape index (κ3) is 4.81. The smallest absolute Gasteiger partial charge is 0.229 e. The summed E-state index contributed by atoms with van der Waals surface area (Å²) in [6.45, 7) is 6.71. The van der Waals surface area contributed by atoms with Crippen LogP contribution in [0.1, 0.15) is 49.4 Å². The van der Waals surface area contributed by atoms with E-state index in [1.165, 1.54) is 11.8 Å². The molecule has 0 bridgehead atoms. The van der Waals surface area contributed by atoms with Gasteiger partial charge in [0.15, 0.2) is 0 Å². The van der Waals surface area contributed by atoms with E-state index in [1.54, 1.807) is 18.1 Å². The van der Waals surface area contributed by atoms with E-state index >= 15 is 0 Å². The molecule has 3 rings (SSSR count). The van der Waals surface area contributed by atoms with Crippen LogP contribution in [0.15, 0.2) is 24.4 Å². The third-order valence-corrected chi connectivity index (χ3v) is 6.08. The molecule has 0 aliphatic carbocycles. The summed E-state index contributed by atoms with van der Waals surface area (Å²) >= 11 is 6.27. The highest BCUT2D eigenvalue weighted by molar-refractivity contribution is 6.31. The zero-order valence-corrected chi connectivity index (χ0v) is 18.5. The van der Waals surface area contributed by atoms with Crippen LogP contribution in [0.3, 0.4) is 0 Å². The second-order valence-electron chi connectivity index (χ2n) is 8.13. The minimum absolute atomic E-state index is 0.0222. The van der Waals surface area contributed by atoms with Crippen molar-refractivity contribution in [3.05, 3.63) is 46.2 Å². The van der Waals surface area contributed by atoms with Gasteiger partial charge in [-0.15, -0.1) is 0 Å². The number of nitrogens with zero attached hydrogens (tertiary/aromatic N) is 3. The van der Waals surface area contributed by atoms with Crippen LogP contribution in [0.5, 0.6) is 5.88 Å². The molecule has 2 aromatic heterocycles. The molecule has 1 aliphatic rings. The first-order valence-electron chi connectivity index (χ1n) is 9.91. The summed E-state index contributed by atoms with van der Waals surface area (Å²) in [6, 6.07) is 5.93. The number of halogens is 1. The average molecular weight is 417 g/mol. The van der Waals surface area contributed by atoms with Crippen molar-refractivity contribution in [2.45, 2.75) is 51.5 Å². The van der Waals surface area contributed by atoms with Gasteiger partial charge >= 0.3 is 0 Å². The quantitative estimate of drug-likeness (QED) is 0.763. The van der Waals surface area contributed by atoms with Crippen LogP contribution in [-0.4, -0.2) is 47.0 Å². The van der Waals surface area contributed by atoms with Crippen molar-refractivity contribution >= 4 is 23.3 Å². The van der Waals surface area contributed by atoms with E-state index in [0.29, 0.717) is 17.4 Å². The minimum Gasteiger partial charge on any atom is -0.481 e. The largest absolute Gasteiger partial charge is 0.481 e. The molecule has 3 heterocycles. The summed E-state index contributed by atoms with van der Waals surface area (Å²) in [4.78, 5) is 23.5. The van der Waals surface area contributed by atoms with Crippen molar-refractivity contribution in [1.29, 1.82) is 0 Å². The number of nitrogens with one attached hydrogen (secondary N) is 1. The molecule has 1 amide bonds. The molecule has 29 heavy (non-hydrogen) atoms. The highest BCUT2D eigenvalue weighted by Gasteiger charge is 2.31. The lowest BCUT2D eigenvalue weighted by atomic mass is 9.86. The van der Waals surface area contributed by atoms with Gasteiger partial charge in [0.1, 0.15) is 5.82 Å². The van der Waals surface area contributed by atoms with Gasteiger partial charge in [0, 0.05) is 37.1 Å². The normalized spacial score (nSPS) is 19.1. The molecule has 7 heteroatoms. The molecular weight excluding hydrogens is 388 g/mol. The fourth-order valence-corrected chi connectivity index (χ4v) is 3.97. The number of ether oxygens (including phenoxy) is 1. The van der Waals surface area contributed by atoms with Crippen LogP contribution < -0.4 is 10.1 Å². The lowest BCUT2D eigenvalue weighted by molar-refractivity contribution is -0.131. The Labute approximate surface area is 177 Å². The van der Waals surface area contributed by atoms with Crippen molar-refractivity contribution in [3.8, 4) is 5.88 Å².